The molecule has 0 aliphatic heterocycles. The maximum absolute atomic E-state index is 12.0. The predicted molar refractivity (Wildman–Crippen MR) is 70.6 cm³/mol. The molecule has 1 aliphatic rings. The Bertz CT molecular complexity index is 420. The van der Waals surface area contributed by atoms with Crippen LogP contribution < -0.4 is 15.8 Å². The van der Waals surface area contributed by atoms with Gasteiger partial charge in [-0.2, -0.15) is 0 Å². The van der Waals surface area contributed by atoms with Crippen LogP contribution in [0.2, 0.25) is 0 Å². The largest absolute Gasteiger partial charge is 0.497 e. The van der Waals surface area contributed by atoms with Gasteiger partial charge in [0.25, 0.3) is 5.91 Å². The zero-order valence-corrected chi connectivity index (χ0v) is 10.7. The van der Waals surface area contributed by atoms with Gasteiger partial charge in [-0.3, -0.25) is 4.79 Å². The lowest BCUT2D eigenvalue weighted by Crippen LogP contribution is -2.35. The van der Waals surface area contributed by atoms with Gasteiger partial charge in [-0.1, -0.05) is 12.5 Å². The van der Waals surface area contributed by atoms with E-state index >= 15 is 0 Å². The fraction of sp³-hybridized carbons (Fsp3) is 0.500. The first kappa shape index (κ1) is 12.9. The lowest BCUT2D eigenvalue weighted by molar-refractivity contribution is 0.0946. The quantitative estimate of drug-likeness (QED) is 0.849. The average Bonchev–Trinajstić information content (AvgIpc) is 2.81. The van der Waals surface area contributed by atoms with Crippen LogP contribution in [0.5, 0.6) is 5.75 Å². The van der Waals surface area contributed by atoms with Crippen LogP contribution in [-0.2, 0) is 0 Å². The summed E-state index contributed by atoms with van der Waals surface area (Å²) < 4.78 is 5.10. The number of carbonyl (C=O) groups excluding carboxylic acids is 1. The Kier molecular flexibility index (Phi) is 4.20. The molecule has 0 spiro atoms. The topological polar surface area (TPSA) is 64.3 Å². The lowest BCUT2D eigenvalue weighted by atomic mass is 10.0. The van der Waals surface area contributed by atoms with Gasteiger partial charge in [0.15, 0.2) is 0 Å². The zero-order valence-electron chi connectivity index (χ0n) is 10.7. The van der Waals surface area contributed by atoms with Crippen molar-refractivity contribution in [1.29, 1.82) is 0 Å². The van der Waals surface area contributed by atoms with Crippen LogP contribution in [0.25, 0.3) is 0 Å². The van der Waals surface area contributed by atoms with E-state index in [0.717, 1.165) is 12.8 Å². The van der Waals surface area contributed by atoms with Crippen molar-refractivity contribution in [3.63, 3.8) is 0 Å². The third kappa shape index (κ3) is 3.01. The van der Waals surface area contributed by atoms with E-state index in [0.29, 0.717) is 23.8 Å². The first-order chi connectivity index (χ1) is 8.70. The predicted octanol–water partition coefficient (Wildman–Crippen LogP) is 1.55. The number of amides is 1. The summed E-state index contributed by atoms with van der Waals surface area (Å²) in [5.74, 6) is 1.05. The van der Waals surface area contributed by atoms with Crippen LogP contribution in [0.4, 0.5) is 0 Å². The molecule has 3 N–H and O–H groups in total. The summed E-state index contributed by atoms with van der Waals surface area (Å²) in [6, 6.07) is 7.39. The molecular weight excluding hydrogens is 228 g/mol. The molecule has 1 amide bonds. The van der Waals surface area contributed by atoms with Crippen molar-refractivity contribution >= 4 is 5.91 Å². The fourth-order valence-corrected chi connectivity index (χ4v) is 2.41. The standard InChI is InChI=1S/C14H20N2O2/c1-18-12-6-2-4-10(8-12)14(17)16-9-11-5-3-7-13(11)15/h2,4,6,8,11,13H,3,5,7,9,15H2,1H3,(H,16,17). The molecule has 0 radical (unpaired) electrons. The van der Waals surface area contributed by atoms with Gasteiger partial charge in [0.1, 0.15) is 5.75 Å². The van der Waals surface area contributed by atoms with E-state index in [1.165, 1.54) is 6.42 Å². The summed E-state index contributed by atoms with van der Waals surface area (Å²) in [5.41, 5.74) is 6.60. The molecule has 1 saturated carbocycles. The van der Waals surface area contributed by atoms with Gasteiger partial charge in [0, 0.05) is 18.2 Å². The third-order valence-electron chi connectivity index (χ3n) is 3.57. The Morgan fingerprint density at radius 2 is 2.33 bits per heavy atom. The van der Waals surface area contributed by atoms with Crippen LogP contribution in [-0.4, -0.2) is 25.6 Å². The molecule has 1 aromatic rings. The highest BCUT2D eigenvalue weighted by atomic mass is 16.5. The molecule has 0 heterocycles. The summed E-state index contributed by atoms with van der Waals surface area (Å²) in [6.45, 7) is 0.664. The van der Waals surface area contributed by atoms with Crippen LogP contribution >= 0.6 is 0 Å². The molecule has 2 atom stereocenters. The SMILES string of the molecule is COc1cccc(C(=O)NCC2CCCC2N)c1. The fourth-order valence-electron chi connectivity index (χ4n) is 2.41. The Morgan fingerprint density at radius 1 is 1.50 bits per heavy atom. The van der Waals surface area contributed by atoms with E-state index in [1.54, 1.807) is 19.2 Å². The first-order valence-electron chi connectivity index (χ1n) is 6.38. The highest BCUT2D eigenvalue weighted by molar-refractivity contribution is 5.94. The number of methoxy groups -OCH3 is 1. The highest BCUT2D eigenvalue weighted by Gasteiger charge is 2.24. The maximum atomic E-state index is 12.0. The van der Waals surface area contributed by atoms with E-state index in [2.05, 4.69) is 5.32 Å². The second-order valence-electron chi connectivity index (χ2n) is 4.80. The first-order valence-corrected chi connectivity index (χ1v) is 6.38. The molecule has 4 heteroatoms. The second kappa shape index (κ2) is 5.87. The van der Waals surface area contributed by atoms with Gasteiger partial charge in [-0.15, -0.1) is 0 Å². The molecule has 1 fully saturated rings. The Hall–Kier alpha value is -1.55. The molecule has 18 heavy (non-hydrogen) atoms. The Balaban J connectivity index is 1.90. The van der Waals surface area contributed by atoms with Crippen molar-refractivity contribution in [2.45, 2.75) is 25.3 Å². The van der Waals surface area contributed by atoms with Crippen LogP contribution in [0.1, 0.15) is 29.6 Å². The summed E-state index contributed by atoms with van der Waals surface area (Å²) in [4.78, 5) is 12.0. The lowest BCUT2D eigenvalue weighted by Gasteiger charge is -2.16. The minimum atomic E-state index is -0.0620. The number of ether oxygens (including phenoxy) is 1. The van der Waals surface area contributed by atoms with Crippen molar-refractivity contribution < 1.29 is 9.53 Å². The average molecular weight is 248 g/mol. The number of nitrogens with one attached hydrogen (secondary N) is 1. The zero-order chi connectivity index (χ0) is 13.0. The van der Waals surface area contributed by atoms with Gasteiger partial charge >= 0.3 is 0 Å². The van der Waals surface area contributed by atoms with Crippen molar-refractivity contribution in [1.82, 2.24) is 5.32 Å². The van der Waals surface area contributed by atoms with Gasteiger partial charge in [-0.25, -0.2) is 0 Å². The monoisotopic (exact) mass is 248 g/mol. The van der Waals surface area contributed by atoms with E-state index in [4.69, 9.17) is 10.5 Å². The van der Waals surface area contributed by atoms with Gasteiger partial charge in [-0.05, 0) is 37.0 Å². The Labute approximate surface area is 108 Å². The summed E-state index contributed by atoms with van der Waals surface area (Å²) in [5, 5.41) is 2.95. The molecule has 0 saturated heterocycles. The van der Waals surface area contributed by atoms with Crippen molar-refractivity contribution in [3.05, 3.63) is 29.8 Å². The van der Waals surface area contributed by atoms with E-state index < -0.39 is 0 Å². The number of nitrogens with two attached hydrogens (primary N) is 1. The second-order valence-corrected chi connectivity index (χ2v) is 4.80. The normalized spacial score (nSPS) is 22.8. The van der Waals surface area contributed by atoms with Crippen molar-refractivity contribution in [3.8, 4) is 5.75 Å². The number of carbonyl (C=O) groups is 1. The summed E-state index contributed by atoms with van der Waals surface area (Å²) >= 11 is 0. The minimum Gasteiger partial charge on any atom is -0.497 e. The molecule has 0 bridgehead atoms. The molecule has 0 aromatic heterocycles. The molecular formula is C14H20N2O2. The third-order valence-corrected chi connectivity index (χ3v) is 3.57. The molecule has 2 rings (SSSR count). The Morgan fingerprint density at radius 3 is 3.00 bits per heavy atom. The maximum Gasteiger partial charge on any atom is 0.251 e. The van der Waals surface area contributed by atoms with Gasteiger partial charge in [0.05, 0.1) is 7.11 Å². The smallest absolute Gasteiger partial charge is 0.251 e. The molecule has 2 unspecified atom stereocenters. The molecule has 98 valence electrons. The number of hydrogen-bond acceptors (Lipinski definition) is 3. The number of rotatable bonds is 4. The minimum absolute atomic E-state index is 0.0620. The molecule has 1 aromatic carbocycles. The van der Waals surface area contributed by atoms with E-state index in [9.17, 15) is 4.79 Å². The van der Waals surface area contributed by atoms with Crippen LogP contribution in [0.3, 0.4) is 0 Å². The van der Waals surface area contributed by atoms with Crippen molar-refractivity contribution in [2.24, 2.45) is 11.7 Å². The molecule has 4 nitrogen and oxygen atoms in total. The van der Waals surface area contributed by atoms with Crippen LogP contribution in [0, 0.1) is 5.92 Å². The van der Waals surface area contributed by atoms with E-state index in [1.807, 2.05) is 12.1 Å². The van der Waals surface area contributed by atoms with Gasteiger partial charge in [0.2, 0.25) is 0 Å². The van der Waals surface area contributed by atoms with Crippen molar-refractivity contribution in [2.75, 3.05) is 13.7 Å². The summed E-state index contributed by atoms with van der Waals surface area (Å²) in [6.07, 6.45) is 3.35. The molecule has 1 aliphatic carbocycles. The van der Waals surface area contributed by atoms with Crippen LogP contribution in [0.15, 0.2) is 24.3 Å². The highest BCUT2D eigenvalue weighted by Crippen LogP contribution is 2.23. The number of hydrogen-bond donors (Lipinski definition) is 2. The number of benzene rings is 1. The van der Waals surface area contributed by atoms with Gasteiger partial charge < -0.3 is 15.8 Å². The summed E-state index contributed by atoms with van der Waals surface area (Å²) in [7, 11) is 1.59. The van der Waals surface area contributed by atoms with E-state index in [-0.39, 0.29) is 11.9 Å².